The lowest BCUT2D eigenvalue weighted by Crippen LogP contribution is -2.31. The van der Waals surface area contributed by atoms with E-state index in [1.54, 1.807) is 17.9 Å². The fourth-order valence-corrected chi connectivity index (χ4v) is 1.98. The van der Waals surface area contributed by atoms with Gasteiger partial charge in [0, 0.05) is 19.2 Å². The van der Waals surface area contributed by atoms with Gasteiger partial charge in [0.15, 0.2) is 0 Å². The number of allylic oxidation sites excluding steroid dienone is 1. The third kappa shape index (κ3) is 6.57. The Kier molecular flexibility index (Phi) is 7.37. The third-order valence-corrected chi connectivity index (χ3v) is 3.11. The summed E-state index contributed by atoms with van der Waals surface area (Å²) >= 11 is 0. The molecule has 0 saturated heterocycles. The van der Waals surface area contributed by atoms with E-state index in [4.69, 9.17) is 4.74 Å². The molecule has 0 heterocycles. The molecule has 22 heavy (non-hydrogen) atoms. The fraction of sp³-hybridized carbons (Fsp3) is 0.444. The molecule has 0 fully saturated rings. The molecule has 0 bridgehead atoms. The second kappa shape index (κ2) is 9.03. The highest BCUT2D eigenvalue weighted by Gasteiger charge is 2.14. The number of rotatable bonds is 7. The SMILES string of the molecule is CCOC(=O)CCN(Cc1ccc(C)cc1)C(=O)C=C(C)C. The van der Waals surface area contributed by atoms with Crippen LogP contribution in [-0.2, 0) is 20.9 Å². The van der Waals surface area contributed by atoms with E-state index >= 15 is 0 Å². The van der Waals surface area contributed by atoms with Crippen LogP contribution in [0.15, 0.2) is 35.9 Å². The molecule has 120 valence electrons. The second-order valence-corrected chi connectivity index (χ2v) is 5.52. The molecule has 0 unspecified atom stereocenters. The molecule has 4 heteroatoms. The Bertz CT molecular complexity index is 528. The zero-order valence-corrected chi connectivity index (χ0v) is 13.9. The summed E-state index contributed by atoms with van der Waals surface area (Å²) in [6.07, 6.45) is 1.81. The molecule has 1 aromatic carbocycles. The Balaban J connectivity index is 2.77. The average molecular weight is 303 g/mol. The Morgan fingerprint density at radius 2 is 1.82 bits per heavy atom. The van der Waals surface area contributed by atoms with Crippen LogP contribution < -0.4 is 0 Å². The monoisotopic (exact) mass is 303 g/mol. The maximum Gasteiger partial charge on any atom is 0.307 e. The molecule has 0 aromatic heterocycles. The Hall–Kier alpha value is -2.10. The van der Waals surface area contributed by atoms with Gasteiger partial charge in [-0.2, -0.15) is 0 Å². The molecule has 0 saturated carbocycles. The topological polar surface area (TPSA) is 46.6 Å². The molecule has 0 aliphatic rings. The first-order valence-electron chi connectivity index (χ1n) is 7.57. The number of benzene rings is 1. The predicted molar refractivity (Wildman–Crippen MR) is 87.3 cm³/mol. The highest BCUT2D eigenvalue weighted by Crippen LogP contribution is 2.09. The van der Waals surface area contributed by atoms with Crippen LogP contribution in [0.1, 0.15) is 38.3 Å². The van der Waals surface area contributed by atoms with Crippen molar-refractivity contribution in [3.63, 3.8) is 0 Å². The maximum absolute atomic E-state index is 12.3. The molecule has 1 amide bonds. The Labute approximate surface area is 132 Å². The van der Waals surface area contributed by atoms with Crippen molar-refractivity contribution >= 4 is 11.9 Å². The number of esters is 1. The molecule has 0 spiro atoms. The van der Waals surface area contributed by atoms with Gasteiger partial charge >= 0.3 is 5.97 Å². The van der Waals surface area contributed by atoms with Gasteiger partial charge in [-0.3, -0.25) is 9.59 Å². The predicted octanol–water partition coefficient (Wildman–Crippen LogP) is 3.24. The number of ether oxygens (including phenoxy) is 1. The fourth-order valence-electron chi connectivity index (χ4n) is 1.98. The summed E-state index contributed by atoms with van der Waals surface area (Å²) in [5.41, 5.74) is 3.16. The molecular weight excluding hydrogens is 278 g/mol. The molecule has 0 aliphatic heterocycles. The standard InChI is InChI=1S/C18H25NO3/c1-5-22-18(21)10-11-19(17(20)12-14(2)3)13-16-8-6-15(4)7-9-16/h6-9,12H,5,10-11,13H2,1-4H3. The Morgan fingerprint density at radius 3 is 2.36 bits per heavy atom. The lowest BCUT2D eigenvalue weighted by atomic mass is 10.1. The number of carbonyl (C=O) groups is 2. The zero-order chi connectivity index (χ0) is 16.5. The quantitative estimate of drug-likeness (QED) is 0.574. The van der Waals surface area contributed by atoms with Gasteiger partial charge in [-0.15, -0.1) is 0 Å². The van der Waals surface area contributed by atoms with Crippen LogP contribution in [0.3, 0.4) is 0 Å². The van der Waals surface area contributed by atoms with E-state index in [-0.39, 0.29) is 18.3 Å². The van der Waals surface area contributed by atoms with E-state index in [0.29, 0.717) is 19.7 Å². The van der Waals surface area contributed by atoms with E-state index in [2.05, 4.69) is 0 Å². The summed E-state index contributed by atoms with van der Waals surface area (Å²) in [6, 6.07) is 8.04. The van der Waals surface area contributed by atoms with Gasteiger partial charge < -0.3 is 9.64 Å². The van der Waals surface area contributed by atoms with Crippen molar-refractivity contribution in [2.75, 3.05) is 13.2 Å². The van der Waals surface area contributed by atoms with Crippen LogP contribution in [0.5, 0.6) is 0 Å². The summed E-state index contributed by atoms with van der Waals surface area (Å²) in [7, 11) is 0. The first-order valence-corrected chi connectivity index (χ1v) is 7.57. The summed E-state index contributed by atoms with van der Waals surface area (Å²) in [5.74, 6) is -0.355. The van der Waals surface area contributed by atoms with Crippen molar-refractivity contribution in [1.29, 1.82) is 0 Å². The smallest absolute Gasteiger partial charge is 0.307 e. The number of hydrogen-bond donors (Lipinski definition) is 0. The highest BCUT2D eigenvalue weighted by molar-refractivity contribution is 5.88. The molecule has 0 N–H and O–H groups in total. The average Bonchev–Trinajstić information content (AvgIpc) is 2.45. The van der Waals surface area contributed by atoms with Gasteiger partial charge in [0.1, 0.15) is 0 Å². The van der Waals surface area contributed by atoms with Crippen molar-refractivity contribution in [2.24, 2.45) is 0 Å². The second-order valence-electron chi connectivity index (χ2n) is 5.52. The number of carbonyl (C=O) groups excluding carboxylic acids is 2. The largest absolute Gasteiger partial charge is 0.466 e. The van der Waals surface area contributed by atoms with E-state index in [9.17, 15) is 9.59 Å². The van der Waals surface area contributed by atoms with Crippen LogP contribution in [0.2, 0.25) is 0 Å². The minimum Gasteiger partial charge on any atom is -0.466 e. The van der Waals surface area contributed by atoms with Gasteiger partial charge in [0.2, 0.25) is 5.91 Å². The van der Waals surface area contributed by atoms with Crippen LogP contribution in [-0.4, -0.2) is 29.9 Å². The van der Waals surface area contributed by atoms with Crippen molar-refractivity contribution < 1.29 is 14.3 Å². The van der Waals surface area contributed by atoms with Gasteiger partial charge in [0.25, 0.3) is 0 Å². The number of amides is 1. The van der Waals surface area contributed by atoms with Crippen molar-refractivity contribution in [3.8, 4) is 0 Å². The minimum absolute atomic E-state index is 0.0788. The maximum atomic E-state index is 12.3. The van der Waals surface area contributed by atoms with E-state index < -0.39 is 0 Å². The lowest BCUT2D eigenvalue weighted by molar-refractivity contribution is -0.143. The summed E-state index contributed by atoms with van der Waals surface area (Å²) in [6.45, 7) is 8.77. The molecule has 4 nitrogen and oxygen atoms in total. The van der Waals surface area contributed by atoms with Crippen LogP contribution in [0.4, 0.5) is 0 Å². The molecule has 0 atom stereocenters. The van der Waals surface area contributed by atoms with E-state index in [1.165, 1.54) is 5.56 Å². The number of hydrogen-bond acceptors (Lipinski definition) is 3. The van der Waals surface area contributed by atoms with Gasteiger partial charge in [-0.1, -0.05) is 35.4 Å². The van der Waals surface area contributed by atoms with Crippen molar-refractivity contribution in [2.45, 2.75) is 40.7 Å². The van der Waals surface area contributed by atoms with Crippen LogP contribution >= 0.6 is 0 Å². The minimum atomic E-state index is -0.276. The third-order valence-electron chi connectivity index (χ3n) is 3.11. The summed E-state index contributed by atoms with van der Waals surface area (Å²) in [5, 5.41) is 0. The van der Waals surface area contributed by atoms with Gasteiger partial charge in [0.05, 0.1) is 13.0 Å². The lowest BCUT2D eigenvalue weighted by Gasteiger charge is -2.21. The number of nitrogens with zero attached hydrogens (tertiary/aromatic N) is 1. The number of aryl methyl sites for hydroxylation is 1. The molecular formula is C18H25NO3. The van der Waals surface area contributed by atoms with Crippen molar-refractivity contribution in [3.05, 3.63) is 47.0 Å². The normalized spacial score (nSPS) is 10.0. The zero-order valence-electron chi connectivity index (χ0n) is 13.9. The molecule has 0 radical (unpaired) electrons. The summed E-state index contributed by atoms with van der Waals surface area (Å²) in [4.78, 5) is 25.5. The summed E-state index contributed by atoms with van der Waals surface area (Å²) < 4.78 is 4.93. The van der Waals surface area contributed by atoms with Gasteiger partial charge in [-0.05, 0) is 33.3 Å². The highest BCUT2D eigenvalue weighted by atomic mass is 16.5. The van der Waals surface area contributed by atoms with Crippen molar-refractivity contribution in [1.82, 2.24) is 4.90 Å². The first-order chi connectivity index (χ1) is 10.4. The van der Waals surface area contributed by atoms with Gasteiger partial charge in [-0.25, -0.2) is 0 Å². The Morgan fingerprint density at radius 1 is 1.18 bits per heavy atom. The molecule has 1 aromatic rings. The van der Waals surface area contributed by atoms with Crippen LogP contribution in [0, 0.1) is 6.92 Å². The molecule has 0 aliphatic carbocycles. The first kappa shape index (κ1) is 18.0. The molecule has 1 rings (SSSR count). The van der Waals surface area contributed by atoms with E-state index in [1.807, 2.05) is 45.0 Å². The van der Waals surface area contributed by atoms with E-state index in [0.717, 1.165) is 11.1 Å². The van der Waals surface area contributed by atoms with Crippen LogP contribution in [0.25, 0.3) is 0 Å².